The third-order valence-electron chi connectivity index (χ3n) is 4.53. The van der Waals surface area contributed by atoms with Crippen LogP contribution in [-0.4, -0.2) is 5.11 Å². The summed E-state index contributed by atoms with van der Waals surface area (Å²) in [5.74, 6) is 1.99. The Labute approximate surface area is 102 Å². The Kier molecular flexibility index (Phi) is 2.51. The topological polar surface area (TPSA) is 20.2 Å². The van der Waals surface area contributed by atoms with Crippen LogP contribution in [0.1, 0.15) is 42.1 Å². The van der Waals surface area contributed by atoms with E-state index in [4.69, 9.17) is 0 Å². The first-order valence-corrected chi connectivity index (χ1v) is 6.51. The molecule has 3 unspecified atom stereocenters. The normalized spacial score (nSPS) is 32.4. The Morgan fingerprint density at radius 2 is 1.65 bits per heavy atom. The largest absolute Gasteiger partial charge is 0.388 e. The number of hydrogen-bond acceptors (Lipinski definition) is 1. The van der Waals surface area contributed by atoms with Crippen molar-refractivity contribution in [2.75, 3.05) is 0 Å². The van der Waals surface area contributed by atoms with Crippen LogP contribution in [0.15, 0.2) is 12.1 Å². The van der Waals surface area contributed by atoms with E-state index in [-0.39, 0.29) is 5.82 Å². The maximum Gasteiger partial charge on any atom is 0.129 e. The molecule has 2 fully saturated rings. The first kappa shape index (κ1) is 11.2. The number of aryl methyl sites for hydroxylation is 2. The average Bonchev–Trinajstić information content (AvgIpc) is 2.91. The van der Waals surface area contributed by atoms with Crippen molar-refractivity contribution in [2.45, 2.75) is 39.2 Å². The minimum absolute atomic E-state index is 0.143. The molecule has 0 bridgehead atoms. The van der Waals surface area contributed by atoms with Gasteiger partial charge >= 0.3 is 0 Å². The van der Waals surface area contributed by atoms with Crippen molar-refractivity contribution in [3.8, 4) is 0 Å². The Morgan fingerprint density at radius 3 is 2.18 bits per heavy atom. The predicted octanol–water partition coefficient (Wildman–Crippen LogP) is 3.52. The molecule has 2 aliphatic carbocycles. The molecule has 0 radical (unpaired) electrons. The van der Waals surface area contributed by atoms with Gasteiger partial charge in [-0.3, -0.25) is 0 Å². The summed E-state index contributed by atoms with van der Waals surface area (Å²) in [6, 6.07) is 3.61. The molecule has 2 aliphatic rings. The standard InChI is InChI=1S/C15H19FO/c1-8-3-12(4-9(2)14(8)16)15(17)13-6-10-5-11(10)7-13/h3-4,10-11,13,15,17H,5-7H2,1-2H3. The monoisotopic (exact) mass is 234 g/mol. The molecule has 0 amide bonds. The Balaban J connectivity index is 1.83. The highest BCUT2D eigenvalue weighted by molar-refractivity contribution is 5.32. The van der Waals surface area contributed by atoms with Crippen molar-refractivity contribution in [3.05, 3.63) is 34.6 Å². The van der Waals surface area contributed by atoms with Crippen LogP contribution in [0.5, 0.6) is 0 Å². The predicted molar refractivity (Wildman–Crippen MR) is 65.2 cm³/mol. The zero-order valence-corrected chi connectivity index (χ0v) is 10.4. The average molecular weight is 234 g/mol. The summed E-state index contributed by atoms with van der Waals surface area (Å²) in [6.07, 6.45) is 3.27. The van der Waals surface area contributed by atoms with Gasteiger partial charge in [0.2, 0.25) is 0 Å². The van der Waals surface area contributed by atoms with E-state index in [0.717, 1.165) is 30.2 Å². The molecule has 0 heterocycles. The smallest absolute Gasteiger partial charge is 0.129 e. The van der Waals surface area contributed by atoms with Crippen LogP contribution in [0.25, 0.3) is 0 Å². The first-order valence-electron chi connectivity index (χ1n) is 6.51. The number of halogens is 1. The highest BCUT2D eigenvalue weighted by Gasteiger charge is 2.47. The summed E-state index contributed by atoms with van der Waals surface area (Å²) in [5, 5.41) is 10.4. The SMILES string of the molecule is Cc1cc(C(O)C2CC3CC3C2)cc(C)c1F. The minimum atomic E-state index is -0.402. The third kappa shape index (κ3) is 1.89. The molecule has 1 aromatic rings. The van der Waals surface area contributed by atoms with Gasteiger partial charge in [0.15, 0.2) is 0 Å². The molecule has 1 nitrogen and oxygen atoms in total. The van der Waals surface area contributed by atoms with Crippen LogP contribution in [0, 0.1) is 37.4 Å². The zero-order chi connectivity index (χ0) is 12.2. The van der Waals surface area contributed by atoms with Crippen LogP contribution in [-0.2, 0) is 0 Å². The second-order valence-electron chi connectivity index (χ2n) is 5.90. The van der Waals surface area contributed by atoms with Gasteiger partial charge in [0.1, 0.15) is 5.82 Å². The number of fused-ring (bicyclic) bond motifs is 1. The lowest BCUT2D eigenvalue weighted by Crippen LogP contribution is -2.11. The number of hydrogen-bond donors (Lipinski definition) is 1. The molecule has 0 aromatic heterocycles. The molecular weight excluding hydrogens is 215 g/mol. The van der Waals surface area contributed by atoms with Gasteiger partial charge in [0, 0.05) is 0 Å². The Hall–Kier alpha value is -0.890. The quantitative estimate of drug-likeness (QED) is 0.830. The van der Waals surface area contributed by atoms with Crippen molar-refractivity contribution in [3.63, 3.8) is 0 Å². The summed E-state index contributed by atoms with van der Waals surface area (Å²) < 4.78 is 13.5. The molecule has 17 heavy (non-hydrogen) atoms. The number of rotatable bonds is 2. The first-order chi connectivity index (χ1) is 8.06. The lowest BCUT2D eigenvalue weighted by Gasteiger charge is -2.21. The Morgan fingerprint density at radius 1 is 1.12 bits per heavy atom. The highest BCUT2D eigenvalue weighted by Crippen LogP contribution is 2.57. The van der Waals surface area contributed by atoms with Crippen LogP contribution in [0.4, 0.5) is 4.39 Å². The number of aliphatic hydroxyl groups excluding tert-OH is 1. The van der Waals surface area contributed by atoms with E-state index in [1.807, 2.05) is 0 Å². The van der Waals surface area contributed by atoms with Gasteiger partial charge in [-0.05, 0) is 67.6 Å². The Bertz CT molecular complexity index is 421. The third-order valence-corrected chi connectivity index (χ3v) is 4.53. The summed E-state index contributed by atoms with van der Waals surface area (Å²) in [4.78, 5) is 0. The summed E-state index contributed by atoms with van der Waals surface area (Å²) in [5.41, 5.74) is 2.18. The molecule has 92 valence electrons. The minimum Gasteiger partial charge on any atom is -0.388 e. The van der Waals surface area contributed by atoms with Crippen LogP contribution >= 0.6 is 0 Å². The second-order valence-corrected chi connectivity index (χ2v) is 5.90. The maximum atomic E-state index is 13.5. The van der Waals surface area contributed by atoms with E-state index >= 15 is 0 Å². The molecule has 1 N–H and O–H groups in total. The van der Waals surface area contributed by atoms with E-state index < -0.39 is 6.10 Å². The van der Waals surface area contributed by atoms with Crippen LogP contribution in [0.2, 0.25) is 0 Å². The van der Waals surface area contributed by atoms with Gasteiger partial charge in [-0.25, -0.2) is 4.39 Å². The molecule has 3 atom stereocenters. The zero-order valence-electron chi connectivity index (χ0n) is 10.4. The van der Waals surface area contributed by atoms with E-state index in [1.54, 1.807) is 26.0 Å². The molecule has 0 saturated heterocycles. The van der Waals surface area contributed by atoms with E-state index in [0.29, 0.717) is 17.0 Å². The van der Waals surface area contributed by atoms with Gasteiger partial charge < -0.3 is 5.11 Å². The van der Waals surface area contributed by atoms with Gasteiger partial charge in [-0.1, -0.05) is 12.1 Å². The lowest BCUT2D eigenvalue weighted by atomic mass is 9.90. The van der Waals surface area contributed by atoms with Crippen molar-refractivity contribution in [1.82, 2.24) is 0 Å². The molecule has 0 spiro atoms. The molecule has 0 aliphatic heterocycles. The molecule has 1 aromatic carbocycles. The summed E-state index contributed by atoms with van der Waals surface area (Å²) in [6.45, 7) is 3.54. The van der Waals surface area contributed by atoms with Gasteiger partial charge in [-0.2, -0.15) is 0 Å². The number of aliphatic hydroxyl groups is 1. The van der Waals surface area contributed by atoms with Crippen molar-refractivity contribution in [1.29, 1.82) is 0 Å². The molecular formula is C15H19FO. The maximum absolute atomic E-state index is 13.5. The van der Waals surface area contributed by atoms with Gasteiger partial charge in [0.25, 0.3) is 0 Å². The fourth-order valence-electron chi connectivity index (χ4n) is 3.44. The van der Waals surface area contributed by atoms with Crippen molar-refractivity contribution in [2.24, 2.45) is 17.8 Å². The summed E-state index contributed by atoms with van der Waals surface area (Å²) in [7, 11) is 0. The van der Waals surface area contributed by atoms with E-state index in [9.17, 15) is 9.50 Å². The molecule has 2 saturated carbocycles. The van der Waals surface area contributed by atoms with Crippen molar-refractivity contribution >= 4 is 0 Å². The van der Waals surface area contributed by atoms with Gasteiger partial charge in [0.05, 0.1) is 6.10 Å². The molecule has 3 rings (SSSR count). The van der Waals surface area contributed by atoms with E-state index in [2.05, 4.69) is 0 Å². The second kappa shape index (κ2) is 3.81. The fraction of sp³-hybridized carbons (Fsp3) is 0.600. The fourth-order valence-corrected chi connectivity index (χ4v) is 3.44. The van der Waals surface area contributed by atoms with Crippen molar-refractivity contribution < 1.29 is 9.50 Å². The van der Waals surface area contributed by atoms with Crippen LogP contribution < -0.4 is 0 Å². The van der Waals surface area contributed by atoms with Crippen LogP contribution in [0.3, 0.4) is 0 Å². The lowest BCUT2D eigenvalue weighted by molar-refractivity contribution is 0.104. The van der Waals surface area contributed by atoms with E-state index in [1.165, 1.54) is 6.42 Å². The highest BCUT2D eigenvalue weighted by atomic mass is 19.1. The number of benzene rings is 1. The summed E-state index contributed by atoms with van der Waals surface area (Å²) >= 11 is 0. The van der Waals surface area contributed by atoms with Gasteiger partial charge in [-0.15, -0.1) is 0 Å². The molecule has 2 heteroatoms.